The first-order chi connectivity index (χ1) is 5.74. The Balaban J connectivity index is 2.97. The van der Waals surface area contributed by atoms with E-state index >= 15 is 0 Å². The van der Waals surface area contributed by atoms with Gasteiger partial charge in [-0.05, 0) is 24.3 Å². The molecule has 0 aliphatic heterocycles. The summed E-state index contributed by atoms with van der Waals surface area (Å²) in [6.07, 6.45) is 0. The highest BCUT2D eigenvalue weighted by atomic mass is 19.1. The number of benzene rings is 1. The van der Waals surface area contributed by atoms with E-state index in [9.17, 15) is 9.18 Å². The molecule has 12 heavy (non-hydrogen) atoms. The summed E-state index contributed by atoms with van der Waals surface area (Å²) in [5, 5.41) is 6.41. The lowest BCUT2D eigenvalue weighted by atomic mass is 10.2. The lowest BCUT2D eigenvalue weighted by molar-refractivity contribution is 0.100. The van der Waals surface area contributed by atoms with Crippen LogP contribution in [0.25, 0.3) is 0 Å². The maximum atomic E-state index is 12.3. The van der Waals surface area contributed by atoms with Crippen molar-refractivity contribution in [3.05, 3.63) is 35.6 Å². The summed E-state index contributed by atoms with van der Waals surface area (Å²) in [6.45, 7) is 0. The molecule has 0 radical (unpaired) electrons. The van der Waals surface area contributed by atoms with Gasteiger partial charge in [0.15, 0.2) is 0 Å². The fourth-order valence-electron chi connectivity index (χ4n) is 0.708. The Bertz CT molecular complexity index is 339. The van der Waals surface area contributed by atoms with Gasteiger partial charge in [-0.3, -0.25) is 4.79 Å². The molecule has 0 heterocycles. The van der Waals surface area contributed by atoms with Gasteiger partial charge in [0, 0.05) is 5.56 Å². The number of halogens is 1. The summed E-state index contributed by atoms with van der Waals surface area (Å²) in [5.41, 5.74) is 0.246. The van der Waals surface area contributed by atoms with Crippen molar-refractivity contribution in [2.24, 2.45) is 4.99 Å². The van der Waals surface area contributed by atoms with E-state index in [1.807, 2.05) is 0 Å². The molecular formula is C8H5FN2O. The van der Waals surface area contributed by atoms with Crippen LogP contribution in [0.15, 0.2) is 29.3 Å². The molecule has 0 atom stereocenters. The number of carbonyl (C=O) groups excluding carboxylic acids is 1. The molecule has 1 aromatic carbocycles. The summed E-state index contributed by atoms with van der Waals surface area (Å²) < 4.78 is 12.3. The molecule has 0 saturated heterocycles. The number of aliphatic imine (C=N–C) groups is 1. The molecule has 0 spiro atoms. The maximum absolute atomic E-state index is 12.3. The number of hydrogen-bond acceptors (Lipinski definition) is 2. The minimum absolute atomic E-state index is 0.246. The minimum atomic E-state index is -0.593. The van der Waals surface area contributed by atoms with Gasteiger partial charge in [-0.1, -0.05) is 0 Å². The number of hydrogen-bond donors (Lipinski definition) is 1. The Morgan fingerprint density at radius 2 is 2.00 bits per heavy atom. The number of rotatable bonds is 1. The third-order valence-electron chi connectivity index (χ3n) is 1.25. The molecule has 0 bridgehead atoms. The molecule has 1 amide bonds. The Kier molecular flexibility index (Phi) is 2.46. The molecule has 60 valence electrons. The van der Waals surface area contributed by atoms with Crippen molar-refractivity contribution in [2.75, 3.05) is 0 Å². The fraction of sp³-hybridized carbons (Fsp3) is 0. The third kappa shape index (κ3) is 1.84. The van der Waals surface area contributed by atoms with E-state index in [0.717, 1.165) is 12.1 Å². The van der Waals surface area contributed by atoms with Crippen LogP contribution in [0.1, 0.15) is 10.4 Å². The van der Waals surface area contributed by atoms with E-state index in [-0.39, 0.29) is 5.56 Å². The molecule has 0 aliphatic rings. The van der Waals surface area contributed by atoms with Crippen LogP contribution >= 0.6 is 0 Å². The van der Waals surface area contributed by atoms with Crippen molar-refractivity contribution in [3.63, 3.8) is 0 Å². The first-order valence-electron chi connectivity index (χ1n) is 3.16. The van der Waals surface area contributed by atoms with Crippen LogP contribution < -0.4 is 0 Å². The second kappa shape index (κ2) is 3.55. The number of nitrogens with one attached hydrogen (secondary N) is 1. The van der Waals surface area contributed by atoms with Crippen LogP contribution in [0, 0.1) is 11.2 Å². The average molecular weight is 164 g/mol. The molecule has 0 fully saturated rings. The van der Waals surface area contributed by atoms with Crippen LogP contribution in [-0.4, -0.2) is 11.9 Å². The maximum Gasteiger partial charge on any atom is 0.286 e. The van der Waals surface area contributed by atoms with Gasteiger partial charge in [-0.2, -0.15) is 0 Å². The fourth-order valence-corrected chi connectivity index (χ4v) is 0.708. The molecule has 0 aromatic heterocycles. The van der Waals surface area contributed by atoms with Gasteiger partial charge in [-0.25, -0.2) is 9.80 Å². The molecule has 0 saturated carbocycles. The molecule has 1 rings (SSSR count). The van der Waals surface area contributed by atoms with Crippen molar-refractivity contribution in [1.82, 2.24) is 0 Å². The van der Waals surface area contributed by atoms with Crippen molar-refractivity contribution in [3.8, 4) is 0 Å². The number of nitrogens with zero attached hydrogens (tertiary/aromatic N) is 1. The van der Waals surface area contributed by atoms with Crippen molar-refractivity contribution in [1.29, 1.82) is 5.41 Å². The Hall–Kier alpha value is -1.80. The minimum Gasteiger partial charge on any atom is -0.266 e. The van der Waals surface area contributed by atoms with Gasteiger partial charge in [0.05, 0.1) is 6.01 Å². The summed E-state index contributed by atoms with van der Waals surface area (Å²) >= 11 is 0. The summed E-state index contributed by atoms with van der Waals surface area (Å²) in [4.78, 5) is 14.0. The molecule has 1 aromatic rings. The van der Waals surface area contributed by atoms with Gasteiger partial charge in [0.1, 0.15) is 5.82 Å². The Labute approximate surface area is 68.1 Å². The third-order valence-corrected chi connectivity index (χ3v) is 1.25. The number of carbonyl (C=O) groups is 1. The molecular weight excluding hydrogens is 159 g/mol. The predicted molar refractivity (Wildman–Crippen MR) is 40.9 cm³/mol. The standard InChI is InChI=1S/C8H5FN2O/c9-7-3-1-6(2-4-7)8(12)11-5-10/h1-4,10H. The van der Waals surface area contributed by atoms with Gasteiger partial charge < -0.3 is 0 Å². The first kappa shape index (κ1) is 8.30. The lowest BCUT2D eigenvalue weighted by Gasteiger charge is -1.91. The topological polar surface area (TPSA) is 53.3 Å². The van der Waals surface area contributed by atoms with Crippen molar-refractivity contribution in [2.45, 2.75) is 0 Å². The molecule has 4 heteroatoms. The molecule has 3 nitrogen and oxygen atoms in total. The van der Waals surface area contributed by atoms with Crippen molar-refractivity contribution >= 4 is 11.9 Å². The second-order valence-corrected chi connectivity index (χ2v) is 2.04. The van der Waals surface area contributed by atoms with E-state index in [4.69, 9.17) is 5.41 Å². The quantitative estimate of drug-likeness (QED) is 0.631. The summed E-state index contributed by atoms with van der Waals surface area (Å²) in [5.74, 6) is -1.00. The highest BCUT2D eigenvalue weighted by Gasteiger charge is 2.01. The van der Waals surface area contributed by atoms with Crippen LogP contribution in [0.2, 0.25) is 0 Å². The molecule has 0 unspecified atom stereocenters. The zero-order valence-corrected chi connectivity index (χ0v) is 6.04. The van der Waals surface area contributed by atoms with Crippen molar-refractivity contribution < 1.29 is 9.18 Å². The van der Waals surface area contributed by atoms with E-state index in [0.29, 0.717) is 0 Å². The van der Waals surface area contributed by atoms with Crippen LogP contribution in [-0.2, 0) is 0 Å². The van der Waals surface area contributed by atoms with E-state index in [1.54, 1.807) is 6.01 Å². The lowest BCUT2D eigenvalue weighted by Crippen LogP contribution is -1.93. The van der Waals surface area contributed by atoms with E-state index in [2.05, 4.69) is 4.99 Å². The average Bonchev–Trinajstić information content (AvgIpc) is 2.06. The zero-order chi connectivity index (χ0) is 8.97. The highest BCUT2D eigenvalue weighted by molar-refractivity contribution is 5.97. The van der Waals surface area contributed by atoms with Crippen LogP contribution in [0.5, 0.6) is 0 Å². The number of amides is 1. The van der Waals surface area contributed by atoms with Gasteiger partial charge in [0.2, 0.25) is 0 Å². The largest absolute Gasteiger partial charge is 0.286 e. The Morgan fingerprint density at radius 1 is 1.42 bits per heavy atom. The van der Waals surface area contributed by atoms with Gasteiger partial charge in [-0.15, -0.1) is 4.99 Å². The van der Waals surface area contributed by atoms with E-state index in [1.165, 1.54) is 12.1 Å². The van der Waals surface area contributed by atoms with Gasteiger partial charge in [0.25, 0.3) is 5.91 Å². The van der Waals surface area contributed by atoms with Gasteiger partial charge >= 0.3 is 0 Å². The van der Waals surface area contributed by atoms with Crippen LogP contribution in [0.3, 0.4) is 0 Å². The monoisotopic (exact) mass is 164 g/mol. The second-order valence-electron chi connectivity index (χ2n) is 2.04. The summed E-state index contributed by atoms with van der Waals surface area (Å²) in [6, 6.07) is 6.54. The SMILES string of the molecule is N=C=NC(=O)c1ccc(F)cc1. The summed E-state index contributed by atoms with van der Waals surface area (Å²) in [7, 11) is 0. The van der Waals surface area contributed by atoms with E-state index < -0.39 is 11.7 Å². The van der Waals surface area contributed by atoms with Crippen LogP contribution in [0.4, 0.5) is 4.39 Å². The smallest absolute Gasteiger partial charge is 0.266 e. The highest BCUT2D eigenvalue weighted by Crippen LogP contribution is 2.03. The molecule has 0 aliphatic carbocycles. The Morgan fingerprint density at radius 3 is 2.50 bits per heavy atom. The zero-order valence-electron chi connectivity index (χ0n) is 6.04. The first-order valence-corrected chi connectivity index (χ1v) is 3.16. The predicted octanol–water partition coefficient (Wildman–Crippen LogP) is 1.72. The normalized spacial score (nSPS) is 8.75. The molecule has 1 N–H and O–H groups in total.